The first-order valence-electron chi connectivity index (χ1n) is 6.28. The third-order valence-corrected chi connectivity index (χ3v) is 2.68. The molecule has 0 aliphatic carbocycles. The van der Waals surface area contributed by atoms with E-state index >= 15 is 0 Å². The van der Waals surface area contributed by atoms with E-state index in [4.69, 9.17) is 5.11 Å². The Hall–Kier alpha value is -2.84. The van der Waals surface area contributed by atoms with Gasteiger partial charge in [-0.3, -0.25) is 4.79 Å². The van der Waals surface area contributed by atoms with Crippen LogP contribution in [0.5, 0.6) is 5.75 Å². The van der Waals surface area contributed by atoms with E-state index in [1.807, 2.05) is 6.92 Å². The van der Waals surface area contributed by atoms with Gasteiger partial charge in [0.15, 0.2) is 0 Å². The second-order valence-corrected chi connectivity index (χ2v) is 4.34. The monoisotopic (exact) mass is 282 g/mol. The Morgan fingerprint density at radius 2 is 2.14 bits per heavy atom. The number of hydrogen-bond acceptors (Lipinski definition) is 4. The summed E-state index contributed by atoms with van der Waals surface area (Å²) in [5, 5.41) is 21.0. The van der Waals surface area contributed by atoms with Crippen molar-refractivity contribution in [2.75, 3.05) is 11.9 Å². The highest BCUT2D eigenvalue weighted by atomic mass is 16.3. The van der Waals surface area contributed by atoms with Crippen LogP contribution in [0.1, 0.15) is 21.6 Å². The molecule has 1 amide bonds. The Bertz CT molecular complexity index is 730. The number of benzene rings is 1. The maximum Gasteiger partial charge on any atom is 0.260 e. The number of nitrogens with zero attached hydrogens (tertiary/aromatic N) is 1. The van der Waals surface area contributed by atoms with Crippen LogP contribution < -0.4 is 5.32 Å². The van der Waals surface area contributed by atoms with Crippen molar-refractivity contribution in [3.63, 3.8) is 0 Å². The van der Waals surface area contributed by atoms with Crippen molar-refractivity contribution >= 4 is 11.7 Å². The van der Waals surface area contributed by atoms with E-state index < -0.39 is 5.91 Å². The van der Waals surface area contributed by atoms with E-state index in [2.05, 4.69) is 22.1 Å². The number of aryl methyl sites for hydroxylation is 1. The molecule has 0 saturated carbocycles. The quantitative estimate of drug-likeness (QED) is 0.732. The minimum absolute atomic E-state index is 0.0799. The number of carbonyl (C=O) groups excluding carboxylic acids is 1. The van der Waals surface area contributed by atoms with Gasteiger partial charge in [-0.1, -0.05) is 18.1 Å². The lowest BCUT2D eigenvalue weighted by atomic mass is 10.1. The minimum Gasteiger partial charge on any atom is -0.507 e. The van der Waals surface area contributed by atoms with Gasteiger partial charge in [0, 0.05) is 0 Å². The number of phenolic OH excluding ortho intramolecular Hbond substituents is 1. The average Bonchev–Trinajstić information content (AvgIpc) is 2.45. The first-order chi connectivity index (χ1) is 10.1. The van der Waals surface area contributed by atoms with Crippen molar-refractivity contribution < 1.29 is 15.0 Å². The summed E-state index contributed by atoms with van der Waals surface area (Å²) in [5.41, 5.74) is 1.48. The zero-order chi connectivity index (χ0) is 15.2. The highest BCUT2D eigenvalue weighted by Crippen LogP contribution is 2.19. The lowest BCUT2D eigenvalue weighted by molar-refractivity contribution is 0.102. The Balaban J connectivity index is 2.19. The summed E-state index contributed by atoms with van der Waals surface area (Å²) >= 11 is 0. The van der Waals surface area contributed by atoms with Gasteiger partial charge in [-0.15, -0.1) is 0 Å². The van der Waals surface area contributed by atoms with Gasteiger partial charge in [0.05, 0.1) is 5.56 Å². The molecule has 2 aromatic rings. The Kier molecular flexibility index (Phi) is 4.54. The van der Waals surface area contributed by atoms with E-state index in [-0.39, 0.29) is 17.9 Å². The minimum atomic E-state index is -0.452. The van der Waals surface area contributed by atoms with Crippen molar-refractivity contribution in [1.82, 2.24) is 4.98 Å². The van der Waals surface area contributed by atoms with E-state index in [1.165, 1.54) is 6.07 Å². The predicted molar refractivity (Wildman–Crippen MR) is 79.0 cm³/mol. The fourth-order valence-electron chi connectivity index (χ4n) is 1.72. The van der Waals surface area contributed by atoms with Crippen LogP contribution in [0.2, 0.25) is 0 Å². The van der Waals surface area contributed by atoms with E-state index in [0.29, 0.717) is 11.5 Å². The van der Waals surface area contributed by atoms with Crippen LogP contribution in [0.3, 0.4) is 0 Å². The second-order valence-electron chi connectivity index (χ2n) is 4.34. The number of amides is 1. The van der Waals surface area contributed by atoms with Crippen molar-refractivity contribution in [2.24, 2.45) is 0 Å². The van der Waals surface area contributed by atoms with Crippen LogP contribution in [-0.2, 0) is 0 Å². The second kappa shape index (κ2) is 6.55. The summed E-state index contributed by atoms with van der Waals surface area (Å²) in [6, 6.07) is 9.79. The van der Waals surface area contributed by atoms with Gasteiger partial charge < -0.3 is 15.5 Å². The molecule has 0 fully saturated rings. The summed E-state index contributed by atoms with van der Waals surface area (Å²) in [6.07, 6.45) is 0. The summed E-state index contributed by atoms with van der Waals surface area (Å²) in [7, 11) is 0. The van der Waals surface area contributed by atoms with Crippen LogP contribution >= 0.6 is 0 Å². The number of pyridine rings is 1. The lowest BCUT2D eigenvalue weighted by Crippen LogP contribution is -2.13. The van der Waals surface area contributed by atoms with Gasteiger partial charge in [-0.25, -0.2) is 4.98 Å². The molecule has 0 unspecified atom stereocenters. The van der Waals surface area contributed by atoms with Gasteiger partial charge in [0.1, 0.15) is 23.9 Å². The zero-order valence-electron chi connectivity index (χ0n) is 11.4. The standard InChI is InChI=1S/C16H14N2O3/c1-11-7-8-13(14(20)10-11)16(21)18-15-6-2-4-12(17-15)5-3-9-19/h2,4,6-8,10,19-20H,9H2,1H3,(H,17,18,21). The highest BCUT2D eigenvalue weighted by Gasteiger charge is 2.11. The molecule has 0 aliphatic rings. The molecule has 5 heteroatoms. The van der Waals surface area contributed by atoms with E-state index in [1.54, 1.807) is 30.3 Å². The first kappa shape index (κ1) is 14.6. The predicted octanol–water partition coefficient (Wildman–Crippen LogP) is 1.69. The molecule has 1 aromatic heterocycles. The van der Waals surface area contributed by atoms with Gasteiger partial charge in [0.2, 0.25) is 0 Å². The summed E-state index contributed by atoms with van der Waals surface area (Å²) in [5.74, 6) is 4.93. The van der Waals surface area contributed by atoms with E-state index in [9.17, 15) is 9.90 Å². The van der Waals surface area contributed by atoms with Crippen molar-refractivity contribution in [3.8, 4) is 17.6 Å². The molecule has 0 bridgehead atoms. The van der Waals surface area contributed by atoms with Crippen LogP contribution in [0.25, 0.3) is 0 Å². The number of carbonyl (C=O) groups is 1. The fourth-order valence-corrected chi connectivity index (χ4v) is 1.72. The van der Waals surface area contributed by atoms with Gasteiger partial charge in [-0.05, 0) is 42.7 Å². The largest absolute Gasteiger partial charge is 0.507 e. The summed E-state index contributed by atoms with van der Waals surface area (Å²) in [4.78, 5) is 16.2. The number of phenols is 1. The number of aromatic nitrogens is 1. The normalized spacial score (nSPS) is 9.62. The molecule has 0 spiro atoms. The lowest BCUT2D eigenvalue weighted by Gasteiger charge is -2.07. The summed E-state index contributed by atoms with van der Waals surface area (Å²) in [6.45, 7) is 1.57. The molecule has 2 rings (SSSR count). The van der Waals surface area contributed by atoms with Gasteiger partial charge in [-0.2, -0.15) is 0 Å². The Morgan fingerprint density at radius 1 is 1.33 bits per heavy atom. The van der Waals surface area contributed by atoms with E-state index in [0.717, 1.165) is 5.56 Å². The number of aliphatic hydroxyl groups excluding tert-OH is 1. The molecular weight excluding hydrogens is 268 g/mol. The smallest absolute Gasteiger partial charge is 0.260 e. The molecule has 106 valence electrons. The van der Waals surface area contributed by atoms with Crippen molar-refractivity contribution in [3.05, 3.63) is 53.2 Å². The number of anilines is 1. The van der Waals surface area contributed by atoms with Gasteiger partial charge in [0.25, 0.3) is 5.91 Å². The van der Waals surface area contributed by atoms with Gasteiger partial charge >= 0.3 is 0 Å². The molecule has 5 nitrogen and oxygen atoms in total. The first-order valence-corrected chi connectivity index (χ1v) is 6.28. The molecule has 0 saturated heterocycles. The molecular formula is C16H14N2O3. The highest BCUT2D eigenvalue weighted by molar-refractivity contribution is 6.05. The number of hydrogen-bond donors (Lipinski definition) is 3. The number of aromatic hydroxyl groups is 1. The third kappa shape index (κ3) is 3.81. The fraction of sp³-hybridized carbons (Fsp3) is 0.125. The molecule has 0 radical (unpaired) electrons. The molecule has 1 heterocycles. The molecule has 0 atom stereocenters. The maximum atomic E-state index is 12.1. The molecule has 3 N–H and O–H groups in total. The van der Waals surface area contributed by atoms with Crippen LogP contribution in [0.15, 0.2) is 36.4 Å². The van der Waals surface area contributed by atoms with Crippen LogP contribution in [0, 0.1) is 18.8 Å². The molecule has 21 heavy (non-hydrogen) atoms. The Morgan fingerprint density at radius 3 is 2.86 bits per heavy atom. The van der Waals surface area contributed by atoms with Crippen LogP contribution in [-0.4, -0.2) is 27.7 Å². The molecule has 0 aliphatic heterocycles. The van der Waals surface area contributed by atoms with Crippen LogP contribution in [0.4, 0.5) is 5.82 Å². The number of rotatable bonds is 2. The van der Waals surface area contributed by atoms with Crippen molar-refractivity contribution in [1.29, 1.82) is 0 Å². The maximum absolute atomic E-state index is 12.1. The Labute approximate surface area is 122 Å². The SMILES string of the molecule is Cc1ccc(C(=O)Nc2cccc(C#CCO)n2)c(O)c1. The summed E-state index contributed by atoms with van der Waals surface area (Å²) < 4.78 is 0. The molecule has 1 aromatic carbocycles. The third-order valence-electron chi connectivity index (χ3n) is 2.68. The topological polar surface area (TPSA) is 82.5 Å². The zero-order valence-corrected chi connectivity index (χ0v) is 11.4. The number of nitrogens with one attached hydrogen (secondary N) is 1. The van der Waals surface area contributed by atoms with Crippen molar-refractivity contribution in [2.45, 2.75) is 6.92 Å². The average molecular weight is 282 g/mol. The number of aliphatic hydroxyl groups is 1.